The Morgan fingerprint density at radius 2 is 2.00 bits per heavy atom. The fraction of sp³-hybridized carbons (Fsp3) is 0.533. The summed E-state index contributed by atoms with van der Waals surface area (Å²) in [7, 11) is 3.95. The summed E-state index contributed by atoms with van der Waals surface area (Å²) in [5.41, 5.74) is 1.13. The number of nitrogens with one attached hydrogen (secondary N) is 1. The summed E-state index contributed by atoms with van der Waals surface area (Å²) < 4.78 is 5.59. The van der Waals surface area contributed by atoms with Gasteiger partial charge in [0.05, 0.1) is 0 Å². The third-order valence-corrected chi connectivity index (χ3v) is 2.78. The maximum absolute atomic E-state index is 11.6. The first kappa shape index (κ1) is 15.5. The molecule has 4 nitrogen and oxygen atoms in total. The van der Waals surface area contributed by atoms with Crippen LogP contribution in [0.5, 0.6) is 5.75 Å². The number of para-hydroxylation sites is 1. The van der Waals surface area contributed by atoms with E-state index in [9.17, 15) is 4.79 Å². The second kappa shape index (κ2) is 7.79. The van der Waals surface area contributed by atoms with Crippen LogP contribution >= 0.6 is 0 Å². The van der Waals surface area contributed by atoms with Crippen molar-refractivity contribution < 1.29 is 9.53 Å². The van der Waals surface area contributed by atoms with Gasteiger partial charge in [-0.3, -0.25) is 4.79 Å². The van der Waals surface area contributed by atoms with Crippen LogP contribution < -0.4 is 10.1 Å². The van der Waals surface area contributed by atoms with Crippen molar-refractivity contribution in [2.75, 3.05) is 33.8 Å². The molecule has 1 N–H and O–H groups in total. The Morgan fingerprint density at radius 1 is 1.32 bits per heavy atom. The maximum atomic E-state index is 11.6. The molecule has 0 atom stereocenters. The molecule has 1 aromatic carbocycles. The number of carbonyl (C=O) groups excluding carboxylic acids is 1. The van der Waals surface area contributed by atoms with Crippen molar-refractivity contribution in [1.82, 2.24) is 10.2 Å². The van der Waals surface area contributed by atoms with Gasteiger partial charge >= 0.3 is 0 Å². The Balaban J connectivity index is 2.42. The van der Waals surface area contributed by atoms with Gasteiger partial charge in [0.1, 0.15) is 5.75 Å². The molecule has 106 valence electrons. The monoisotopic (exact) mass is 264 g/mol. The van der Waals surface area contributed by atoms with E-state index in [0.717, 1.165) is 17.9 Å². The first-order valence-corrected chi connectivity index (χ1v) is 6.64. The Labute approximate surface area is 115 Å². The Hall–Kier alpha value is -1.55. The first-order chi connectivity index (χ1) is 9.00. The Morgan fingerprint density at radius 3 is 2.63 bits per heavy atom. The van der Waals surface area contributed by atoms with Crippen molar-refractivity contribution in [2.24, 2.45) is 0 Å². The molecule has 0 saturated carbocycles. The van der Waals surface area contributed by atoms with Gasteiger partial charge in [-0.15, -0.1) is 0 Å². The molecule has 1 aromatic rings. The van der Waals surface area contributed by atoms with E-state index in [4.69, 9.17) is 4.74 Å². The van der Waals surface area contributed by atoms with Gasteiger partial charge in [-0.2, -0.15) is 0 Å². The summed E-state index contributed by atoms with van der Waals surface area (Å²) in [6, 6.07) is 7.84. The lowest BCUT2D eigenvalue weighted by atomic mass is 10.0. The minimum atomic E-state index is -0.0830. The van der Waals surface area contributed by atoms with Crippen molar-refractivity contribution in [3.8, 4) is 5.75 Å². The Kier molecular flexibility index (Phi) is 6.36. The van der Waals surface area contributed by atoms with Gasteiger partial charge < -0.3 is 15.0 Å². The quantitative estimate of drug-likeness (QED) is 0.817. The predicted molar refractivity (Wildman–Crippen MR) is 77.6 cm³/mol. The first-order valence-electron chi connectivity index (χ1n) is 6.64. The summed E-state index contributed by atoms with van der Waals surface area (Å²) in [5, 5.41) is 2.83. The highest BCUT2D eigenvalue weighted by molar-refractivity contribution is 5.77. The highest BCUT2D eigenvalue weighted by atomic mass is 16.5. The molecule has 19 heavy (non-hydrogen) atoms. The number of rotatable bonds is 7. The van der Waals surface area contributed by atoms with Crippen molar-refractivity contribution in [3.05, 3.63) is 29.8 Å². The molecule has 4 heteroatoms. The van der Waals surface area contributed by atoms with Crippen LogP contribution in [0.4, 0.5) is 0 Å². The number of hydrogen-bond acceptors (Lipinski definition) is 3. The van der Waals surface area contributed by atoms with E-state index in [-0.39, 0.29) is 12.5 Å². The molecule has 0 spiro atoms. The average molecular weight is 264 g/mol. The lowest BCUT2D eigenvalue weighted by Gasteiger charge is -2.14. The number of hydrogen-bond donors (Lipinski definition) is 1. The van der Waals surface area contributed by atoms with E-state index in [2.05, 4.69) is 19.2 Å². The molecule has 1 amide bonds. The van der Waals surface area contributed by atoms with Gasteiger partial charge in [0.2, 0.25) is 0 Å². The van der Waals surface area contributed by atoms with Crippen molar-refractivity contribution in [3.63, 3.8) is 0 Å². The molecular weight excluding hydrogens is 240 g/mol. The number of carbonyl (C=O) groups is 1. The van der Waals surface area contributed by atoms with E-state index in [1.54, 1.807) is 0 Å². The molecule has 0 aromatic heterocycles. The van der Waals surface area contributed by atoms with Crippen LogP contribution in [-0.4, -0.2) is 44.6 Å². The van der Waals surface area contributed by atoms with E-state index in [0.29, 0.717) is 12.5 Å². The molecule has 1 rings (SSSR count). The van der Waals surface area contributed by atoms with Crippen LogP contribution in [0.1, 0.15) is 25.3 Å². The third-order valence-electron chi connectivity index (χ3n) is 2.78. The molecule has 0 unspecified atom stereocenters. The maximum Gasteiger partial charge on any atom is 0.257 e. The van der Waals surface area contributed by atoms with E-state index in [1.807, 2.05) is 43.3 Å². The molecule has 0 bridgehead atoms. The van der Waals surface area contributed by atoms with Crippen LogP contribution in [0.15, 0.2) is 24.3 Å². The van der Waals surface area contributed by atoms with Crippen LogP contribution in [0, 0.1) is 0 Å². The van der Waals surface area contributed by atoms with Gasteiger partial charge in [0, 0.05) is 13.1 Å². The average Bonchev–Trinajstić information content (AvgIpc) is 2.36. The van der Waals surface area contributed by atoms with Gasteiger partial charge in [-0.05, 0) is 31.6 Å². The number of benzene rings is 1. The summed E-state index contributed by atoms with van der Waals surface area (Å²) in [6.45, 7) is 5.76. The lowest BCUT2D eigenvalue weighted by Crippen LogP contribution is -2.34. The van der Waals surface area contributed by atoms with Crippen LogP contribution in [-0.2, 0) is 4.79 Å². The lowest BCUT2D eigenvalue weighted by molar-refractivity contribution is -0.123. The number of likely N-dealkylation sites (N-methyl/N-ethyl adjacent to an activating group) is 1. The standard InChI is InChI=1S/C15H24N2O2/c1-12(2)13-7-5-6-8-14(13)19-11-15(18)16-9-10-17(3)4/h5-8,12H,9-11H2,1-4H3,(H,16,18). The number of ether oxygens (including phenoxy) is 1. The summed E-state index contributed by atoms with van der Waals surface area (Å²) in [5.74, 6) is 1.09. The second-order valence-corrected chi connectivity index (χ2v) is 5.13. The van der Waals surface area contributed by atoms with Crippen molar-refractivity contribution in [2.45, 2.75) is 19.8 Å². The fourth-order valence-electron chi connectivity index (χ4n) is 1.70. The molecular formula is C15H24N2O2. The number of nitrogens with zero attached hydrogens (tertiary/aromatic N) is 1. The molecule has 0 saturated heterocycles. The van der Waals surface area contributed by atoms with Gasteiger partial charge in [0.25, 0.3) is 5.91 Å². The molecule has 0 aliphatic rings. The molecule has 0 heterocycles. The van der Waals surface area contributed by atoms with Gasteiger partial charge in [-0.1, -0.05) is 32.0 Å². The highest BCUT2D eigenvalue weighted by Crippen LogP contribution is 2.25. The summed E-state index contributed by atoms with van der Waals surface area (Å²) >= 11 is 0. The smallest absolute Gasteiger partial charge is 0.257 e. The van der Waals surface area contributed by atoms with Gasteiger partial charge in [-0.25, -0.2) is 0 Å². The van der Waals surface area contributed by atoms with Crippen molar-refractivity contribution in [1.29, 1.82) is 0 Å². The highest BCUT2D eigenvalue weighted by Gasteiger charge is 2.08. The van der Waals surface area contributed by atoms with E-state index >= 15 is 0 Å². The summed E-state index contributed by atoms with van der Waals surface area (Å²) in [4.78, 5) is 13.6. The molecule has 0 fully saturated rings. The van der Waals surface area contributed by atoms with Gasteiger partial charge in [0.15, 0.2) is 6.61 Å². The minimum absolute atomic E-state index is 0.0666. The topological polar surface area (TPSA) is 41.6 Å². The van der Waals surface area contributed by atoms with E-state index in [1.165, 1.54) is 0 Å². The predicted octanol–water partition coefficient (Wildman–Crippen LogP) is 1.87. The minimum Gasteiger partial charge on any atom is -0.483 e. The number of amides is 1. The van der Waals surface area contributed by atoms with Crippen LogP contribution in [0.3, 0.4) is 0 Å². The largest absolute Gasteiger partial charge is 0.483 e. The second-order valence-electron chi connectivity index (χ2n) is 5.13. The molecule has 0 aliphatic carbocycles. The zero-order valence-electron chi connectivity index (χ0n) is 12.3. The van der Waals surface area contributed by atoms with Crippen LogP contribution in [0.2, 0.25) is 0 Å². The third kappa shape index (κ3) is 5.75. The zero-order chi connectivity index (χ0) is 14.3. The van der Waals surface area contributed by atoms with Crippen molar-refractivity contribution >= 4 is 5.91 Å². The molecule has 0 aliphatic heterocycles. The SMILES string of the molecule is CC(C)c1ccccc1OCC(=O)NCCN(C)C. The Bertz CT molecular complexity index is 403. The normalized spacial score (nSPS) is 10.8. The molecule has 0 radical (unpaired) electrons. The van der Waals surface area contributed by atoms with Crippen LogP contribution in [0.25, 0.3) is 0 Å². The summed E-state index contributed by atoms with van der Waals surface area (Å²) in [6.07, 6.45) is 0. The zero-order valence-corrected chi connectivity index (χ0v) is 12.3. The fourth-order valence-corrected chi connectivity index (χ4v) is 1.70. The van der Waals surface area contributed by atoms with E-state index < -0.39 is 0 Å².